The van der Waals surface area contributed by atoms with Gasteiger partial charge < -0.3 is 5.73 Å². The summed E-state index contributed by atoms with van der Waals surface area (Å²) in [5.41, 5.74) is 9.40. The highest BCUT2D eigenvalue weighted by Gasteiger charge is 2.08. The number of benzene rings is 2. The predicted octanol–water partition coefficient (Wildman–Crippen LogP) is 3.44. The normalized spacial score (nSPS) is 12.4. The lowest BCUT2D eigenvalue weighted by Gasteiger charge is -2.13. The summed E-state index contributed by atoms with van der Waals surface area (Å²) in [5, 5.41) is 0. The molecular formula is C15H16FN. The predicted molar refractivity (Wildman–Crippen MR) is 68.3 cm³/mol. The molecule has 0 heterocycles. The smallest absolute Gasteiger partial charge is 0.123 e. The first-order valence-electron chi connectivity index (χ1n) is 5.80. The molecule has 0 aliphatic rings. The highest BCUT2D eigenvalue weighted by atomic mass is 19.1. The van der Waals surface area contributed by atoms with Gasteiger partial charge in [0.25, 0.3) is 0 Å². The summed E-state index contributed by atoms with van der Waals surface area (Å²) in [6, 6.07) is 14.4. The first-order chi connectivity index (χ1) is 8.20. The third-order valence-corrected chi connectivity index (χ3v) is 2.98. The van der Waals surface area contributed by atoms with E-state index in [2.05, 4.69) is 19.1 Å². The summed E-state index contributed by atoms with van der Waals surface area (Å²) >= 11 is 0. The van der Waals surface area contributed by atoms with Crippen molar-refractivity contribution < 1.29 is 4.39 Å². The van der Waals surface area contributed by atoms with Crippen LogP contribution >= 0.6 is 0 Å². The van der Waals surface area contributed by atoms with Crippen LogP contribution in [0.1, 0.15) is 29.7 Å². The second-order valence-corrected chi connectivity index (χ2v) is 4.12. The Kier molecular flexibility index (Phi) is 3.55. The van der Waals surface area contributed by atoms with Gasteiger partial charge in [0.1, 0.15) is 5.82 Å². The van der Waals surface area contributed by atoms with Crippen molar-refractivity contribution in [3.63, 3.8) is 0 Å². The van der Waals surface area contributed by atoms with Crippen molar-refractivity contribution in [3.8, 4) is 0 Å². The maximum Gasteiger partial charge on any atom is 0.123 e. The van der Waals surface area contributed by atoms with E-state index in [4.69, 9.17) is 5.73 Å². The molecule has 0 aliphatic heterocycles. The summed E-state index contributed by atoms with van der Waals surface area (Å²) in [6.07, 6.45) is 1.02. The average molecular weight is 229 g/mol. The molecule has 2 N–H and O–H groups in total. The largest absolute Gasteiger partial charge is 0.320 e. The van der Waals surface area contributed by atoms with Crippen LogP contribution in [-0.2, 0) is 6.42 Å². The molecule has 0 fully saturated rings. The number of rotatable bonds is 3. The standard InChI is InChI=1S/C15H16FN/c1-2-11-3-5-12(6-4-11)15(17)13-7-9-14(16)10-8-13/h3-10,15H,2,17H2,1H3/t15-/m1/s1. The number of halogens is 1. The second-order valence-electron chi connectivity index (χ2n) is 4.12. The molecule has 0 bridgehead atoms. The highest BCUT2D eigenvalue weighted by molar-refractivity contribution is 5.33. The zero-order chi connectivity index (χ0) is 12.3. The Hall–Kier alpha value is -1.67. The van der Waals surface area contributed by atoms with E-state index in [1.807, 2.05) is 12.1 Å². The monoisotopic (exact) mass is 229 g/mol. The number of nitrogens with two attached hydrogens (primary N) is 1. The van der Waals surface area contributed by atoms with Crippen molar-refractivity contribution in [3.05, 3.63) is 71.0 Å². The zero-order valence-corrected chi connectivity index (χ0v) is 9.86. The van der Waals surface area contributed by atoms with Gasteiger partial charge in [0.15, 0.2) is 0 Å². The van der Waals surface area contributed by atoms with Crippen LogP contribution in [0.3, 0.4) is 0 Å². The molecule has 2 rings (SSSR count). The van der Waals surface area contributed by atoms with Gasteiger partial charge in [-0.3, -0.25) is 0 Å². The molecule has 0 saturated carbocycles. The summed E-state index contributed by atoms with van der Waals surface area (Å²) < 4.78 is 12.8. The molecule has 2 aromatic rings. The summed E-state index contributed by atoms with van der Waals surface area (Å²) in [4.78, 5) is 0. The SMILES string of the molecule is CCc1ccc([C@@H](N)c2ccc(F)cc2)cc1. The summed E-state index contributed by atoms with van der Waals surface area (Å²) in [7, 11) is 0. The van der Waals surface area contributed by atoms with Crippen LogP contribution in [0.25, 0.3) is 0 Å². The van der Waals surface area contributed by atoms with E-state index in [9.17, 15) is 4.39 Å². The Bertz CT molecular complexity index is 473. The van der Waals surface area contributed by atoms with Crippen molar-refractivity contribution in [1.82, 2.24) is 0 Å². The van der Waals surface area contributed by atoms with E-state index < -0.39 is 0 Å². The molecule has 0 saturated heterocycles. The Morgan fingerprint density at radius 3 is 1.88 bits per heavy atom. The fourth-order valence-corrected chi connectivity index (χ4v) is 1.82. The lowest BCUT2D eigenvalue weighted by molar-refractivity contribution is 0.626. The third kappa shape index (κ3) is 2.71. The summed E-state index contributed by atoms with van der Waals surface area (Å²) in [5.74, 6) is -0.234. The van der Waals surface area contributed by atoms with Crippen LogP contribution in [0, 0.1) is 5.82 Å². The van der Waals surface area contributed by atoms with E-state index in [0.29, 0.717) is 0 Å². The van der Waals surface area contributed by atoms with Gasteiger partial charge in [0.05, 0.1) is 6.04 Å². The van der Waals surface area contributed by atoms with E-state index in [0.717, 1.165) is 17.5 Å². The zero-order valence-electron chi connectivity index (χ0n) is 9.86. The van der Waals surface area contributed by atoms with Gasteiger partial charge in [-0.15, -0.1) is 0 Å². The molecule has 0 radical (unpaired) electrons. The number of hydrogen-bond donors (Lipinski definition) is 1. The minimum absolute atomic E-state index is 0.193. The minimum atomic E-state index is -0.234. The van der Waals surface area contributed by atoms with Crippen LogP contribution in [0.15, 0.2) is 48.5 Å². The quantitative estimate of drug-likeness (QED) is 0.857. The maximum atomic E-state index is 12.8. The van der Waals surface area contributed by atoms with Gasteiger partial charge in [0, 0.05) is 0 Å². The Morgan fingerprint density at radius 2 is 1.41 bits per heavy atom. The molecule has 0 aromatic heterocycles. The molecule has 2 heteroatoms. The fourth-order valence-electron chi connectivity index (χ4n) is 1.82. The summed E-state index contributed by atoms with van der Waals surface area (Å²) in [6.45, 7) is 2.12. The molecule has 88 valence electrons. The Labute approximate surface area is 101 Å². The third-order valence-electron chi connectivity index (χ3n) is 2.98. The van der Waals surface area contributed by atoms with E-state index in [1.165, 1.54) is 17.7 Å². The molecule has 2 aromatic carbocycles. The van der Waals surface area contributed by atoms with E-state index in [-0.39, 0.29) is 11.9 Å². The van der Waals surface area contributed by atoms with E-state index in [1.54, 1.807) is 12.1 Å². The van der Waals surface area contributed by atoms with Crippen molar-refractivity contribution in [2.45, 2.75) is 19.4 Å². The van der Waals surface area contributed by atoms with Crippen molar-refractivity contribution >= 4 is 0 Å². The van der Waals surface area contributed by atoms with Crippen molar-refractivity contribution in [2.24, 2.45) is 5.73 Å². The molecule has 0 aliphatic carbocycles. The van der Waals surface area contributed by atoms with Gasteiger partial charge in [0.2, 0.25) is 0 Å². The average Bonchev–Trinajstić information content (AvgIpc) is 2.39. The second kappa shape index (κ2) is 5.11. The molecule has 0 unspecified atom stereocenters. The van der Waals surface area contributed by atoms with Crippen LogP contribution in [-0.4, -0.2) is 0 Å². The van der Waals surface area contributed by atoms with Gasteiger partial charge in [-0.05, 0) is 35.2 Å². The molecule has 0 spiro atoms. The Balaban J connectivity index is 2.23. The maximum absolute atomic E-state index is 12.8. The fraction of sp³-hybridized carbons (Fsp3) is 0.200. The molecular weight excluding hydrogens is 213 g/mol. The minimum Gasteiger partial charge on any atom is -0.320 e. The van der Waals surface area contributed by atoms with Gasteiger partial charge in [-0.25, -0.2) is 4.39 Å². The van der Waals surface area contributed by atoms with Crippen LogP contribution in [0.4, 0.5) is 4.39 Å². The molecule has 0 amide bonds. The van der Waals surface area contributed by atoms with Gasteiger partial charge in [-0.2, -0.15) is 0 Å². The molecule has 1 nitrogen and oxygen atoms in total. The number of aryl methyl sites for hydroxylation is 1. The molecule has 17 heavy (non-hydrogen) atoms. The van der Waals surface area contributed by atoms with Crippen LogP contribution in [0.2, 0.25) is 0 Å². The Morgan fingerprint density at radius 1 is 0.941 bits per heavy atom. The van der Waals surface area contributed by atoms with Gasteiger partial charge >= 0.3 is 0 Å². The number of hydrogen-bond acceptors (Lipinski definition) is 1. The van der Waals surface area contributed by atoms with Crippen LogP contribution < -0.4 is 5.73 Å². The lowest BCUT2D eigenvalue weighted by Crippen LogP contribution is -2.11. The van der Waals surface area contributed by atoms with E-state index >= 15 is 0 Å². The highest BCUT2D eigenvalue weighted by Crippen LogP contribution is 2.20. The van der Waals surface area contributed by atoms with Crippen molar-refractivity contribution in [1.29, 1.82) is 0 Å². The first-order valence-corrected chi connectivity index (χ1v) is 5.80. The lowest BCUT2D eigenvalue weighted by atomic mass is 9.98. The first kappa shape index (κ1) is 11.8. The van der Waals surface area contributed by atoms with Gasteiger partial charge in [-0.1, -0.05) is 43.3 Å². The van der Waals surface area contributed by atoms with Crippen molar-refractivity contribution in [2.75, 3.05) is 0 Å². The topological polar surface area (TPSA) is 26.0 Å². The molecule has 1 atom stereocenters. The van der Waals surface area contributed by atoms with Crippen LogP contribution in [0.5, 0.6) is 0 Å².